The van der Waals surface area contributed by atoms with Crippen molar-refractivity contribution in [3.63, 3.8) is 0 Å². The fourth-order valence-electron chi connectivity index (χ4n) is 2.80. The lowest BCUT2D eigenvalue weighted by Gasteiger charge is -2.26. The van der Waals surface area contributed by atoms with Gasteiger partial charge in [0.15, 0.2) is 0 Å². The number of likely N-dealkylation sites (tertiary alicyclic amines) is 1. The summed E-state index contributed by atoms with van der Waals surface area (Å²) in [5.74, 6) is -0.213. The highest BCUT2D eigenvalue weighted by Crippen LogP contribution is 2.39. The Kier molecular flexibility index (Phi) is 3.71. The lowest BCUT2D eigenvalue weighted by atomic mass is 9.76. The van der Waals surface area contributed by atoms with E-state index in [0.717, 1.165) is 11.1 Å². The second-order valence-electron chi connectivity index (χ2n) is 5.12. The molecule has 4 heteroatoms. The van der Waals surface area contributed by atoms with Crippen molar-refractivity contribution in [3.05, 3.63) is 35.4 Å². The second-order valence-corrected chi connectivity index (χ2v) is 5.12. The molecule has 0 aromatic heterocycles. The van der Waals surface area contributed by atoms with Crippen molar-refractivity contribution in [3.8, 4) is 0 Å². The lowest BCUT2D eigenvalue weighted by molar-refractivity contribution is -0.139. The molecule has 1 aromatic carbocycles. The van der Waals surface area contributed by atoms with Crippen LogP contribution in [0.15, 0.2) is 24.3 Å². The van der Waals surface area contributed by atoms with Gasteiger partial charge in [0.2, 0.25) is 11.8 Å². The van der Waals surface area contributed by atoms with Gasteiger partial charge in [-0.05, 0) is 18.9 Å². The van der Waals surface area contributed by atoms with Crippen LogP contribution >= 0.6 is 0 Å². The van der Waals surface area contributed by atoms with E-state index >= 15 is 0 Å². The van der Waals surface area contributed by atoms with Crippen molar-refractivity contribution in [2.45, 2.75) is 32.1 Å². The molecule has 1 aliphatic heterocycles. The Labute approximate surface area is 113 Å². The molecule has 1 atom stereocenters. The number of hydrogen-bond acceptors (Lipinski definition) is 3. The highest BCUT2D eigenvalue weighted by atomic mass is 16.2. The highest BCUT2D eigenvalue weighted by Gasteiger charge is 2.51. The molecule has 0 spiro atoms. The summed E-state index contributed by atoms with van der Waals surface area (Å²) in [4.78, 5) is 26.0. The van der Waals surface area contributed by atoms with Gasteiger partial charge < -0.3 is 5.73 Å². The monoisotopic (exact) mass is 260 g/mol. The number of imide groups is 1. The second kappa shape index (κ2) is 5.13. The molecule has 4 nitrogen and oxygen atoms in total. The van der Waals surface area contributed by atoms with E-state index in [4.69, 9.17) is 5.73 Å². The number of rotatable bonds is 4. The molecule has 1 aliphatic rings. The van der Waals surface area contributed by atoms with Gasteiger partial charge in [0.25, 0.3) is 0 Å². The predicted molar refractivity (Wildman–Crippen MR) is 73.5 cm³/mol. The standard InChI is InChI=1S/C15H20N2O2/c1-3-15(12-6-4-5-11(2)9-12)10-13(18)17(8-7-16)14(15)19/h4-6,9H,3,7-8,10,16H2,1-2H3. The Morgan fingerprint density at radius 3 is 2.68 bits per heavy atom. The third kappa shape index (κ3) is 2.16. The zero-order chi connectivity index (χ0) is 14.0. The van der Waals surface area contributed by atoms with Crippen molar-refractivity contribution in [1.82, 2.24) is 4.90 Å². The van der Waals surface area contributed by atoms with Gasteiger partial charge in [-0.15, -0.1) is 0 Å². The van der Waals surface area contributed by atoms with Crippen molar-refractivity contribution in [1.29, 1.82) is 0 Å². The van der Waals surface area contributed by atoms with Crippen molar-refractivity contribution in [2.24, 2.45) is 5.73 Å². The molecule has 1 fully saturated rings. The Morgan fingerprint density at radius 2 is 2.11 bits per heavy atom. The minimum Gasteiger partial charge on any atom is -0.329 e. The molecule has 0 radical (unpaired) electrons. The molecule has 0 saturated carbocycles. The van der Waals surface area contributed by atoms with Gasteiger partial charge in [0.1, 0.15) is 0 Å². The molecular weight excluding hydrogens is 240 g/mol. The number of benzene rings is 1. The number of nitrogens with zero attached hydrogens (tertiary/aromatic N) is 1. The summed E-state index contributed by atoms with van der Waals surface area (Å²) < 4.78 is 0. The predicted octanol–water partition coefficient (Wildman–Crippen LogP) is 1.36. The van der Waals surface area contributed by atoms with Crippen LogP contribution in [0.2, 0.25) is 0 Å². The zero-order valence-electron chi connectivity index (χ0n) is 11.5. The van der Waals surface area contributed by atoms with Crippen molar-refractivity contribution in [2.75, 3.05) is 13.1 Å². The molecular formula is C15H20N2O2. The molecule has 2 amide bonds. The molecule has 1 heterocycles. The van der Waals surface area contributed by atoms with Gasteiger partial charge in [-0.3, -0.25) is 14.5 Å². The topological polar surface area (TPSA) is 63.4 Å². The number of hydrogen-bond donors (Lipinski definition) is 1. The Balaban J connectivity index is 2.45. The third-order valence-corrected chi connectivity index (χ3v) is 3.94. The summed E-state index contributed by atoms with van der Waals surface area (Å²) in [6.07, 6.45) is 0.883. The van der Waals surface area contributed by atoms with E-state index < -0.39 is 5.41 Å². The van der Waals surface area contributed by atoms with Crippen molar-refractivity contribution >= 4 is 11.8 Å². The summed E-state index contributed by atoms with van der Waals surface area (Å²) >= 11 is 0. The summed E-state index contributed by atoms with van der Waals surface area (Å²) in [5, 5.41) is 0. The number of aryl methyl sites for hydroxylation is 1. The van der Waals surface area contributed by atoms with Crippen LogP contribution in [0.25, 0.3) is 0 Å². The minimum atomic E-state index is -0.696. The van der Waals surface area contributed by atoms with E-state index in [0.29, 0.717) is 19.5 Å². The van der Waals surface area contributed by atoms with E-state index in [1.54, 1.807) is 0 Å². The minimum absolute atomic E-state index is 0.101. The Hall–Kier alpha value is -1.68. The largest absolute Gasteiger partial charge is 0.329 e. The first-order valence-electron chi connectivity index (χ1n) is 6.67. The summed E-state index contributed by atoms with van der Waals surface area (Å²) in [6.45, 7) is 4.57. The molecule has 102 valence electrons. The van der Waals surface area contributed by atoms with Crippen LogP contribution in [0.3, 0.4) is 0 Å². The van der Waals surface area contributed by atoms with Crippen molar-refractivity contribution < 1.29 is 9.59 Å². The van der Waals surface area contributed by atoms with Gasteiger partial charge in [0.05, 0.1) is 5.41 Å². The van der Waals surface area contributed by atoms with Crippen LogP contribution in [-0.2, 0) is 15.0 Å². The average molecular weight is 260 g/mol. The van der Waals surface area contributed by atoms with Gasteiger partial charge in [-0.2, -0.15) is 0 Å². The van der Waals surface area contributed by atoms with E-state index in [1.165, 1.54) is 4.90 Å². The average Bonchev–Trinajstić information content (AvgIpc) is 2.64. The summed E-state index contributed by atoms with van der Waals surface area (Å²) in [7, 11) is 0. The first-order valence-corrected chi connectivity index (χ1v) is 6.67. The van der Waals surface area contributed by atoms with Crippen LogP contribution in [0, 0.1) is 6.92 Å². The van der Waals surface area contributed by atoms with Crippen LogP contribution in [0.1, 0.15) is 30.9 Å². The molecule has 2 rings (SSSR count). The Bertz CT molecular complexity index is 513. The molecule has 1 unspecified atom stereocenters. The smallest absolute Gasteiger partial charge is 0.240 e. The number of nitrogens with two attached hydrogens (primary N) is 1. The molecule has 1 aromatic rings. The van der Waals surface area contributed by atoms with Gasteiger partial charge in [-0.1, -0.05) is 36.8 Å². The fourth-order valence-corrected chi connectivity index (χ4v) is 2.80. The third-order valence-electron chi connectivity index (χ3n) is 3.94. The summed E-state index contributed by atoms with van der Waals surface area (Å²) in [6, 6.07) is 7.87. The quantitative estimate of drug-likeness (QED) is 0.831. The van der Waals surface area contributed by atoms with E-state index in [2.05, 4.69) is 0 Å². The molecule has 19 heavy (non-hydrogen) atoms. The lowest BCUT2D eigenvalue weighted by Crippen LogP contribution is -2.40. The van der Waals surface area contributed by atoms with E-state index in [1.807, 2.05) is 38.1 Å². The normalized spacial score (nSPS) is 23.2. The zero-order valence-corrected chi connectivity index (χ0v) is 11.5. The maximum Gasteiger partial charge on any atom is 0.240 e. The molecule has 2 N–H and O–H groups in total. The number of amides is 2. The first-order chi connectivity index (χ1) is 9.05. The first kappa shape index (κ1) is 13.7. The van der Waals surface area contributed by atoms with Gasteiger partial charge >= 0.3 is 0 Å². The van der Waals surface area contributed by atoms with Gasteiger partial charge in [-0.25, -0.2) is 0 Å². The van der Waals surface area contributed by atoms with Crippen LogP contribution < -0.4 is 5.73 Å². The van der Waals surface area contributed by atoms with Crippen LogP contribution in [0.5, 0.6) is 0 Å². The molecule has 1 saturated heterocycles. The molecule has 0 bridgehead atoms. The Morgan fingerprint density at radius 1 is 1.37 bits per heavy atom. The van der Waals surface area contributed by atoms with Crippen LogP contribution in [-0.4, -0.2) is 29.8 Å². The fraction of sp³-hybridized carbons (Fsp3) is 0.467. The van der Waals surface area contributed by atoms with E-state index in [-0.39, 0.29) is 18.2 Å². The number of carbonyl (C=O) groups excluding carboxylic acids is 2. The van der Waals surface area contributed by atoms with Gasteiger partial charge in [0, 0.05) is 19.5 Å². The SMILES string of the molecule is CCC1(c2cccc(C)c2)CC(=O)N(CCN)C1=O. The highest BCUT2D eigenvalue weighted by molar-refractivity contribution is 6.09. The van der Waals surface area contributed by atoms with Crippen LogP contribution in [0.4, 0.5) is 0 Å². The molecule has 0 aliphatic carbocycles. The summed E-state index contributed by atoms with van der Waals surface area (Å²) in [5.41, 5.74) is 6.82. The number of carbonyl (C=O) groups is 2. The van der Waals surface area contributed by atoms with E-state index in [9.17, 15) is 9.59 Å². The maximum atomic E-state index is 12.6. The maximum absolute atomic E-state index is 12.6.